The van der Waals surface area contributed by atoms with E-state index in [0.717, 1.165) is 13.0 Å². The zero-order chi connectivity index (χ0) is 20.0. The summed E-state index contributed by atoms with van der Waals surface area (Å²) in [7, 11) is 0. The van der Waals surface area contributed by atoms with E-state index in [1.165, 1.54) is 36.4 Å². The molecule has 10 heteroatoms. The first-order valence-electron chi connectivity index (χ1n) is 7.49. The average molecular weight is 374 g/mol. The lowest BCUT2D eigenvalue weighted by Crippen LogP contribution is -2.20. The maximum Gasteiger partial charge on any atom is 0.339 e. The number of carboxylic acids is 1. The molecule has 1 amide bonds. The molecule has 2 rings (SSSR count). The molecule has 0 saturated heterocycles. The molecule has 0 aromatic heterocycles. The Hall–Kier alpha value is -3.95. The number of esters is 1. The van der Waals surface area contributed by atoms with Crippen molar-refractivity contribution in [3.8, 4) is 11.5 Å². The van der Waals surface area contributed by atoms with Gasteiger partial charge in [0.1, 0.15) is 11.3 Å². The van der Waals surface area contributed by atoms with Gasteiger partial charge in [0.2, 0.25) is 0 Å². The molecule has 2 N–H and O–H groups in total. The van der Waals surface area contributed by atoms with Gasteiger partial charge < -0.3 is 19.9 Å². The molecule has 0 aliphatic heterocycles. The van der Waals surface area contributed by atoms with E-state index in [2.05, 4.69) is 5.32 Å². The van der Waals surface area contributed by atoms with Gasteiger partial charge in [0, 0.05) is 18.7 Å². The Morgan fingerprint density at radius 3 is 2.48 bits per heavy atom. The van der Waals surface area contributed by atoms with Crippen LogP contribution in [0.1, 0.15) is 17.3 Å². The zero-order valence-electron chi connectivity index (χ0n) is 14.0. The number of carbonyl (C=O) groups excluding carboxylic acids is 2. The summed E-state index contributed by atoms with van der Waals surface area (Å²) in [5.74, 6) is -2.94. The Bertz CT molecular complexity index is 910. The molecule has 140 valence electrons. The summed E-state index contributed by atoms with van der Waals surface area (Å²) >= 11 is 0. The molecule has 27 heavy (non-hydrogen) atoms. The monoisotopic (exact) mass is 374 g/mol. The van der Waals surface area contributed by atoms with E-state index in [4.69, 9.17) is 9.47 Å². The third-order valence-electron chi connectivity index (χ3n) is 3.17. The van der Waals surface area contributed by atoms with E-state index >= 15 is 0 Å². The fourth-order valence-electron chi connectivity index (χ4n) is 2.09. The topological polar surface area (TPSA) is 145 Å². The van der Waals surface area contributed by atoms with Gasteiger partial charge in [-0.05, 0) is 24.3 Å². The molecule has 0 spiro atoms. The first kappa shape index (κ1) is 19.4. The van der Waals surface area contributed by atoms with Gasteiger partial charge in [-0.15, -0.1) is 0 Å². The number of hydrogen-bond donors (Lipinski definition) is 2. The second-order valence-corrected chi connectivity index (χ2v) is 5.17. The number of para-hydroxylation sites is 2. The first-order chi connectivity index (χ1) is 12.8. The normalized spacial score (nSPS) is 9.96. The van der Waals surface area contributed by atoms with Crippen LogP contribution in [-0.2, 0) is 9.59 Å². The Labute approximate surface area is 152 Å². The van der Waals surface area contributed by atoms with Crippen molar-refractivity contribution in [2.75, 3.05) is 11.9 Å². The van der Waals surface area contributed by atoms with E-state index in [0.29, 0.717) is 0 Å². The van der Waals surface area contributed by atoms with Crippen molar-refractivity contribution in [3.63, 3.8) is 0 Å². The number of nitrogens with one attached hydrogen (secondary N) is 1. The number of carboxylic acid groups (broad SMARTS) is 1. The molecule has 0 atom stereocenters. The second-order valence-electron chi connectivity index (χ2n) is 5.17. The molecule has 0 unspecified atom stereocenters. The minimum atomic E-state index is -1.35. The maximum absolute atomic E-state index is 12.0. The van der Waals surface area contributed by atoms with Crippen LogP contribution in [0.3, 0.4) is 0 Å². The molecule has 0 bridgehead atoms. The summed E-state index contributed by atoms with van der Waals surface area (Å²) < 4.78 is 9.93. The SMILES string of the molecule is CC(=O)Oc1ccc(NC(=O)COc2ccccc2[N+](=O)[O-])cc1C(=O)O. The Morgan fingerprint density at radius 2 is 1.85 bits per heavy atom. The highest BCUT2D eigenvalue weighted by atomic mass is 16.6. The Morgan fingerprint density at radius 1 is 1.15 bits per heavy atom. The van der Waals surface area contributed by atoms with Crippen LogP contribution in [0.25, 0.3) is 0 Å². The number of nitro benzene ring substituents is 1. The lowest BCUT2D eigenvalue weighted by Gasteiger charge is -2.10. The molecular weight excluding hydrogens is 360 g/mol. The third-order valence-corrected chi connectivity index (χ3v) is 3.17. The van der Waals surface area contributed by atoms with Crippen LogP contribution in [-0.4, -0.2) is 34.5 Å². The zero-order valence-corrected chi connectivity index (χ0v) is 14.0. The van der Waals surface area contributed by atoms with E-state index in [1.54, 1.807) is 0 Å². The van der Waals surface area contributed by atoms with E-state index in [9.17, 15) is 29.6 Å². The van der Waals surface area contributed by atoms with Gasteiger partial charge in [0.15, 0.2) is 12.4 Å². The summed E-state index contributed by atoms with van der Waals surface area (Å²) in [6.45, 7) is 0.598. The minimum Gasteiger partial charge on any atom is -0.478 e. The van der Waals surface area contributed by atoms with Gasteiger partial charge >= 0.3 is 17.6 Å². The highest BCUT2D eigenvalue weighted by molar-refractivity contribution is 5.96. The van der Waals surface area contributed by atoms with Crippen molar-refractivity contribution in [1.82, 2.24) is 0 Å². The van der Waals surface area contributed by atoms with Crippen molar-refractivity contribution in [2.45, 2.75) is 6.92 Å². The lowest BCUT2D eigenvalue weighted by molar-refractivity contribution is -0.385. The van der Waals surface area contributed by atoms with Crippen LogP contribution in [0.5, 0.6) is 11.5 Å². The van der Waals surface area contributed by atoms with Crippen LogP contribution in [0, 0.1) is 10.1 Å². The molecule has 2 aromatic rings. The number of carbonyl (C=O) groups is 3. The van der Waals surface area contributed by atoms with E-state index < -0.39 is 29.4 Å². The molecule has 10 nitrogen and oxygen atoms in total. The van der Waals surface area contributed by atoms with Gasteiger partial charge in [-0.3, -0.25) is 19.7 Å². The summed E-state index contributed by atoms with van der Waals surface area (Å²) in [5.41, 5.74) is -0.480. The van der Waals surface area contributed by atoms with Crippen LogP contribution < -0.4 is 14.8 Å². The Kier molecular flexibility index (Phi) is 6.05. The lowest BCUT2D eigenvalue weighted by atomic mass is 10.1. The Balaban J connectivity index is 2.08. The standard InChI is InChI=1S/C17H14N2O8/c1-10(20)27-14-7-6-11(8-12(14)17(22)23)18-16(21)9-26-15-5-3-2-4-13(15)19(24)25/h2-8H,9H2,1H3,(H,18,21)(H,22,23). The van der Waals surface area contributed by atoms with Gasteiger partial charge in [0.25, 0.3) is 5.91 Å². The van der Waals surface area contributed by atoms with Crippen LogP contribution in [0.4, 0.5) is 11.4 Å². The highest BCUT2D eigenvalue weighted by Crippen LogP contribution is 2.26. The summed E-state index contributed by atoms with van der Waals surface area (Å²) in [6.07, 6.45) is 0. The molecule has 0 radical (unpaired) electrons. The van der Waals surface area contributed by atoms with Crippen molar-refractivity contribution in [2.24, 2.45) is 0 Å². The number of aromatic carboxylic acids is 1. The predicted molar refractivity (Wildman–Crippen MR) is 91.9 cm³/mol. The summed E-state index contributed by atoms with van der Waals surface area (Å²) in [6, 6.07) is 9.25. The fourth-order valence-corrected chi connectivity index (χ4v) is 2.09. The van der Waals surface area contributed by atoms with Crippen LogP contribution in [0.15, 0.2) is 42.5 Å². The molecular formula is C17H14N2O8. The number of benzene rings is 2. The van der Waals surface area contributed by atoms with Gasteiger partial charge in [-0.2, -0.15) is 0 Å². The average Bonchev–Trinajstić information content (AvgIpc) is 2.60. The summed E-state index contributed by atoms with van der Waals surface area (Å²) in [4.78, 5) is 44.5. The molecule has 0 saturated carbocycles. The van der Waals surface area contributed by atoms with Gasteiger partial charge in [-0.25, -0.2) is 4.79 Å². The minimum absolute atomic E-state index is 0.0749. The van der Waals surface area contributed by atoms with Crippen molar-refractivity contribution >= 4 is 29.2 Å². The number of anilines is 1. The maximum atomic E-state index is 12.0. The number of ether oxygens (including phenoxy) is 2. The van der Waals surface area contributed by atoms with E-state index in [1.807, 2.05) is 0 Å². The van der Waals surface area contributed by atoms with Crippen molar-refractivity contribution in [1.29, 1.82) is 0 Å². The van der Waals surface area contributed by atoms with Gasteiger partial charge in [0.05, 0.1) is 4.92 Å². The van der Waals surface area contributed by atoms with Gasteiger partial charge in [-0.1, -0.05) is 12.1 Å². The van der Waals surface area contributed by atoms with E-state index in [-0.39, 0.29) is 28.4 Å². The molecule has 0 heterocycles. The molecule has 2 aromatic carbocycles. The number of amides is 1. The quantitative estimate of drug-likeness (QED) is 0.325. The number of rotatable bonds is 7. The highest BCUT2D eigenvalue weighted by Gasteiger charge is 2.17. The molecule has 0 aliphatic rings. The van der Waals surface area contributed by atoms with Crippen LogP contribution >= 0.6 is 0 Å². The third kappa shape index (κ3) is 5.26. The first-order valence-corrected chi connectivity index (χ1v) is 7.49. The fraction of sp³-hybridized carbons (Fsp3) is 0.118. The van der Waals surface area contributed by atoms with Crippen molar-refractivity contribution in [3.05, 3.63) is 58.1 Å². The number of nitro groups is 1. The largest absolute Gasteiger partial charge is 0.478 e. The predicted octanol–water partition coefficient (Wildman–Crippen LogP) is 2.24. The second kappa shape index (κ2) is 8.43. The number of nitrogens with zero attached hydrogens (tertiary/aromatic N) is 1. The molecule has 0 fully saturated rings. The molecule has 0 aliphatic carbocycles. The van der Waals surface area contributed by atoms with Crippen LogP contribution in [0.2, 0.25) is 0 Å². The van der Waals surface area contributed by atoms with Crippen molar-refractivity contribution < 1.29 is 33.9 Å². The number of hydrogen-bond acceptors (Lipinski definition) is 7. The smallest absolute Gasteiger partial charge is 0.339 e. The summed E-state index contributed by atoms with van der Waals surface area (Å²) in [5, 5.41) is 22.5.